The quantitative estimate of drug-likeness (QED) is 0.447. The highest BCUT2D eigenvalue weighted by atomic mass is 16.5. The smallest absolute Gasteiger partial charge is 0.154 e. The first-order valence-electron chi connectivity index (χ1n) is 5.14. The van der Waals surface area contributed by atoms with Gasteiger partial charge in [-0.15, -0.1) is 0 Å². The first-order chi connectivity index (χ1) is 6.34. The zero-order valence-electron chi connectivity index (χ0n) is 9.40. The van der Waals surface area contributed by atoms with Crippen LogP contribution in [0.1, 0.15) is 33.6 Å². The molecule has 0 bridgehead atoms. The van der Waals surface area contributed by atoms with Crippen molar-refractivity contribution in [3.63, 3.8) is 0 Å². The molecule has 0 fully saturated rings. The lowest BCUT2D eigenvalue weighted by atomic mass is 9.89. The van der Waals surface area contributed by atoms with Gasteiger partial charge in [0, 0.05) is 12.0 Å². The molecule has 0 unspecified atom stereocenters. The van der Waals surface area contributed by atoms with Crippen LogP contribution in [-0.2, 0) is 0 Å². The maximum Gasteiger partial charge on any atom is 0.154 e. The summed E-state index contributed by atoms with van der Waals surface area (Å²) in [4.78, 5) is 0. The molecule has 0 amide bonds. The van der Waals surface area contributed by atoms with E-state index in [-0.39, 0.29) is 12.0 Å². The molecule has 14 heavy (non-hydrogen) atoms. The summed E-state index contributed by atoms with van der Waals surface area (Å²) in [6.45, 7) is 9.82. The number of nitrogens with two attached hydrogens (primary N) is 1. The summed E-state index contributed by atoms with van der Waals surface area (Å²) in [5, 5.41) is 18.3. The molecule has 0 aliphatic carbocycles. The Bertz CT molecular complexity index is 176. The predicted molar refractivity (Wildman–Crippen MR) is 58.6 cm³/mol. The summed E-state index contributed by atoms with van der Waals surface area (Å²) >= 11 is 0. The van der Waals surface area contributed by atoms with E-state index in [1.165, 1.54) is 0 Å². The fourth-order valence-corrected chi connectivity index (χ4v) is 1.44. The van der Waals surface area contributed by atoms with E-state index in [1.54, 1.807) is 0 Å². The molecule has 0 aromatic rings. The van der Waals surface area contributed by atoms with Gasteiger partial charge in [0.1, 0.15) is 0 Å². The molecule has 0 saturated heterocycles. The highest BCUT2D eigenvalue weighted by Gasteiger charge is 2.19. The standard InChI is InChI=1S/C11H23NO2/c1-7(2)5-10(11(13)14)6-8(3)9(4)12/h7,9-11,13-14H,3,5-6,12H2,1-2,4H3/t9-,10-/m0/s1. The van der Waals surface area contributed by atoms with Crippen LogP contribution in [0, 0.1) is 11.8 Å². The molecular formula is C11H23NO2. The Morgan fingerprint density at radius 2 is 1.79 bits per heavy atom. The first kappa shape index (κ1) is 13.6. The molecule has 0 spiro atoms. The largest absolute Gasteiger partial charge is 0.368 e. The van der Waals surface area contributed by atoms with Gasteiger partial charge in [-0.05, 0) is 25.7 Å². The van der Waals surface area contributed by atoms with E-state index in [9.17, 15) is 0 Å². The van der Waals surface area contributed by atoms with Crippen LogP contribution in [0.4, 0.5) is 0 Å². The lowest BCUT2D eigenvalue weighted by Crippen LogP contribution is -2.26. The SMILES string of the molecule is C=C(C[C@H](CC(C)C)C(O)O)[C@H](C)N. The Morgan fingerprint density at radius 1 is 1.29 bits per heavy atom. The zero-order valence-corrected chi connectivity index (χ0v) is 9.40. The summed E-state index contributed by atoms with van der Waals surface area (Å²) in [6, 6.07) is -0.0802. The Morgan fingerprint density at radius 3 is 2.07 bits per heavy atom. The molecule has 2 atom stereocenters. The summed E-state index contributed by atoms with van der Waals surface area (Å²) in [5.74, 6) is 0.302. The van der Waals surface area contributed by atoms with Gasteiger partial charge in [0.05, 0.1) is 0 Å². The van der Waals surface area contributed by atoms with E-state index in [0.29, 0.717) is 12.3 Å². The van der Waals surface area contributed by atoms with Crippen molar-refractivity contribution in [3.8, 4) is 0 Å². The van der Waals surface area contributed by atoms with Gasteiger partial charge in [-0.1, -0.05) is 26.0 Å². The number of rotatable bonds is 6. The second kappa shape index (κ2) is 6.17. The van der Waals surface area contributed by atoms with E-state index in [1.807, 2.05) is 6.92 Å². The van der Waals surface area contributed by atoms with Gasteiger partial charge in [-0.25, -0.2) is 0 Å². The predicted octanol–water partition coefficient (Wildman–Crippen LogP) is 1.25. The third-order valence-corrected chi connectivity index (χ3v) is 2.36. The summed E-state index contributed by atoms with van der Waals surface area (Å²) in [6.07, 6.45) is 0.101. The fourth-order valence-electron chi connectivity index (χ4n) is 1.44. The minimum Gasteiger partial charge on any atom is -0.368 e. The first-order valence-corrected chi connectivity index (χ1v) is 5.14. The lowest BCUT2D eigenvalue weighted by Gasteiger charge is -2.23. The average molecular weight is 201 g/mol. The van der Waals surface area contributed by atoms with Crippen LogP contribution in [-0.4, -0.2) is 22.5 Å². The van der Waals surface area contributed by atoms with Crippen molar-refractivity contribution in [3.05, 3.63) is 12.2 Å². The van der Waals surface area contributed by atoms with Crippen molar-refractivity contribution in [2.75, 3.05) is 0 Å². The summed E-state index contributed by atoms with van der Waals surface area (Å²) in [5.41, 5.74) is 6.53. The molecule has 0 rings (SSSR count). The maximum atomic E-state index is 9.17. The van der Waals surface area contributed by atoms with E-state index in [4.69, 9.17) is 15.9 Å². The van der Waals surface area contributed by atoms with Crippen LogP contribution in [0.15, 0.2) is 12.2 Å². The number of aliphatic hydroxyl groups excluding tert-OH is 1. The highest BCUT2D eigenvalue weighted by Crippen LogP contribution is 2.22. The van der Waals surface area contributed by atoms with E-state index in [0.717, 1.165) is 12.0 Å². The lowest BCUT2D eigenvalue weighted by molar-refractivity contribution is -0.0885. The van der Waals surface area contributed by atoms with Crippen LogP contribution < -0.4 is 5.73 Å². The summed E-state index contributed by atoms with van der Waals surface area (Å²) in [7, 11) is 0. The maximum absolute atomic E-state index is 9.17. The van der Waals surface area contributed by atoms with E-state index in [2.05, 4.69) is 20.4 Å². The summed E-state index contributed by atoms with van der Waals surface area (Å²) < 4.78 is 0. The molecule has 0 saturated carbocycles. The molecule has 0 radical (unpaired) electrons. The van der Waals surface area contributed by atoms with Gasteiger partial charge in [-0.2, -0.15) is 0 Å². The van der Waals surface area contributed by atoms with Crippen molar-refractivity contribution in [1.29, 1.82) is 0 Å². The Balaban J connectivity index is 4.16. The van der Waals surface area contributed by atoms with Gasteiger partial charge in [0.25, 0.3) is 0 Å². The number of aliphatic hydroxyl groups is 2. The molecule has 0 aromatic heterocycles. The minimum atomic E-state index is -1.27. The molecule has 3 heteroatoms. The second-order valence-corrected chi connectivity index (χ2v) is 4.45. The monoisotopic (exact) mass is 201 g/mol. The Kier molecular flexibility index (Phi) is 6.00. The van der Waals surface area contributed by atoms with Crippen molar-refractivity contribution in [1.82, 2.24) is 0 Å². The molecule has 0 heterocycles. The molecule has 4 N–H and O–H groups in total. The molecule has 0 aliphatic heterocycles. The Hall–Kier alpha value is -0.380. The average Bonchev–Trinajstić information content (AvgIpc) is 2.01. The molecular weight excluding hydrogens is 178 g/mol. The van der Waals surface area contributed by atoms with Crippen LogP contribution in [0.3, 0.4) is 0 Å². The van der Waals surface area contributed by atoms with Crippen LogP contribution >= 0.6 is 0 Å². The van der Waals surface area contributed by atoms with Gasteiger partial charge < -0.3 is 15.9 Å². The number of hydrogen-bond acceptors (Lipinski definition) is 3. The third kappa shape index (κ3) is 5.37. The van der Waals surface area contributed by atoms with Crippen LogP contribution in [0.5, 0.6) is 0 Å². The van der Waals surface area contributed by atoms with Crippen molar-refractivity contribution in [2.24, 2.45) is 17.6 Å². The van der Waals surface area contributed by atoms with Gasteiger partial charge >= 0.3 is 0 Å². The van der Waals surface area contributed by atoms with Gasteiger partial charge in [0.2, 0.25) is 0 Å². The van der Waals surface area contributed by atoms with Gasteiger partial charge in [-0.3, -0.25) is 0 Å². The molecule has 0 aliphatic rings. The molecule has 84 valence electrons. The zero-order chi connectivity index (χ0) is 11.3. The fraction of sp³-hybridized carbons (Fsp3) is 0.818. The van der Waals surface area contributed by atoms with Gasteiger partial charge in [0.15, 0.2) is 6.29 Å². The van der Waals surface area contributed by atoms with E-state index < -0.39 is 6.29 Å². The molecule has 0 aromatic carbocycles. The third-order valence-electron chi connectivity index (χ3n) is 2.36. The van der Waals surface area contributed by atoms with Crippen molar-refractivity contribution < 1.29 is 10.2 Å². The molecule has 3 nitrogen and oxygen atoms in total. The van der Waals surface area contributed by atoms with Crippen LogP contribution in [0.2, 0.25) is 0 Å². The Labute approximate surface area is 86.6 Å². The number of hydrogen-bond donors (Lipinski definition) is 3. The highest BCUT2D eigenvalue weighted by molar-refractivity contribution is 5.03. The van der Waals surface area contributed by atoms with Crippen molar-refractivity contribution >= 4 is 0 Å². The second-order valence-electron chi connectivity index (χ2n) is 4.45. The topological polar surface area (TPSA) is 66.5 Å². The van der Waals surface area contributed by atoms with Crippen LogP contribution in [0.25, 0.3) is 0 Å². The van der Waals surface area contributed by atoms with Crippen molar-refractivity contribution in [2.45, 2.75) is 45.9 Å². The minimum absolute atomic E-state index is 0.0802. The van der Waals surface area contributed by atoms with E-state index >= 15 is 0 Å². The normalized spacial score (nSPS) is 16.0.